The molecule has 1 amide bonds. The number of nitrogens with one attached hydrogen (secondary N) is 2. The molecule has 0 bridgehead atoms. The molecule has 4 nitrogen and oxygen atoms in total. The Balaban J connectivity index is 1.83. The molecule has 0 aliphatic carbocycles. The molecule has 1 aliphatic heterocycles. The van der Waals surface area contributed by atoms with Gasteiger partial charge in [-0.1, -0.05) is 12.1 Å². The molecule has 116 valence electrons. The van der Waals surface area contributed by atoms with E-state index >= 15 is 0 Å². The minimum atomic E-state index is -0.165. The third-order valence-electron chi connectivity index (χ3n) is 3.79. The molecule has 1 heterocycles. The normalized spacial score (nSPS) is 16.5. The van der Waals surface area contributed by atoms with Crippen LogP contribution in [0, 0.1) is 19.7 Å². The zero-order valence-electron chi connectivity index (χ0n) is 12.8. The van der Waals surface area contributed by atoms with Gasteiger partial charge in [-0.25, -0.2) is 4.39 Å². The summed E-state index contributed by atoms with van der Waals surface area (Å²) in [6, 6.07) is 3.58. The van der Waals surface area contributed by atoms with E-state index in [2.05, 4.69) is 15.5 Å². The summed E-state index contributed by atoms with van der Waals surface area (Å²) in [4.78, 5) is 14.1. The van der Waals surface area contributed by atoms with Crippen molar-refractivity contribution >= 4 is 5.91 Å². The predicted octanol–water partition coefficient (Wildman–Crippen LogP) is 1.35. The van der Waals surface area contributed by atoms with Crippen molar-refractivity contribution in [2.45, 2.75) is 26.8 Å². The van der Waals surface area contributed by atoms with Crippen LogP contribution in [0.15, 0.2) is 12.1 Å². The number of carbonyl (C=O) groups is 1. The average Bonchev–Trinajstić information content (AvgIpc) is 2.71. The summed E-state index contributed by atoms with van der Waals surface area (Å²) < 4.78 is 13.6. The lowest BCUT2D eigenvalue weighted by atomic mass is 10.1. The maximum atomic E-state index is 13.6. The number of hydrogen-bond donors (Lipinski definition) is 2. The van der Waals surface area contributed by atoms with E-state index in [-0.39, 0.29) is 11.7 Å². The number of rotatable bonds is 4. The number of aryl methyl sites for hydroxylation is 2. The monoisotopic (exact) mass is 293 g/mol. The van der Waals surface area contributed by atoms with Gasteiger partial charge in [0.1, 0.15) is 5.82 Å². The highest BCUT2D eigenvalue weighted by Crippen LogP contribution is 2.14. The number of amides is 1. The summed E-state index contributed by atoms with van der Waals surface area (Å²) in [5.41, 5.74) is 2.19. The van der Waals surface area contributed by atoms with Crippen LogP contribution < -0.4 is 10.6 Å². The Kier molecular flexibility index (Phi) is 5.70. The Hall–Kier alpha value is -1.46. The highest BCUT2D eigenvalue weighted by atomic mass is 19.1. The molecule has 0 aromatic heterocycles. The maximum Gasteiger partial charge on any atom is 0.234 e. The van der Waals surface area contributed by atoms with Crippen molar-refractivity contribution in [2.24, 2.45) is 0 Å². The van der Waals surface area contributed by atoms with Gasteiger partial charge in [0, 0.05) is 19.6 Å². The van der Waals surface area contributed by atoms with Crippen LogP contribution in [0.1, 0.15) is 23.1 Å². The molecule has 1 fully saturated rings. The smallest absolute Gasteiger partial charge is 0.234 e. The van der Waals surface area contributed by atoms with Gasteiger partial charge in [-0.2, -0.15) is 0 Å². The van der Waals surface area contributed by atoms with E-state index < -0.39 is 0 Å². The average molecular weight is 293 g/mol. The summed E-state index contributed by atoms with van der Waals surface area (Å²) >= 11 is 0. The number of nitrogens with zero attached hydrogens (tertiary/aromatic N) is 1. The second-order valence-electron chi connectivity index (χ2n) is 5.70. The topological polar surface area (TPSA) is 44.4 Å². The Morgan fingerprint density at radius 2 is 2.00 bits per heavy atom. The van der Waals surface area contributed by atoms with Crippen molar-refractivity contribution in [3.63, 3.8) is 0 Å². The van der Waals surface area contributed by atoms with Crippen molar-refractivity contribution in [2.75, 3.05) is 32.7 Å². The number of carbonyl (C=O) groups excluding carboxylic acids is 1. The molecule has 1 aromatic rings. The fraction of sp³-hybridized carbons (Fsp3) is 0.562. The summed E-state index contributed by atoms with van der Waals surface area (Å²) in [6.07, 6.45) is 1.07. The van der Waals surface area contributed by atoms with Gasteiger partial charge in [0.2, 0.25) is 5.91 Å². The molecule has 2 N–H and O–H groups in total. The quantitative estimate of drug-likeness (QED) is 0.881. The Morgan fingerprint density at radius 1 is 1.29 bits per heavy atom. The first-order valence-corrected chi connectivity index (χ1v) is 7.51. The molecule has 0 radical (unpaired) electrons. The first-order chi connectivity index (χ1) is 10.1. The molecule has 0 spiro atoms. The van der Waals surface area contributed by atoms with Crippen LogP contribution in [0.5, 0.6) is 0 Å². The van der Waals surface area contributed by atoms with Gasteiger partial charge in [0.25, 0.3) is 0 Å². The van der Waals surface area contributed by atoms with Crippen LogP contribution in [0.2, 0.25) is 0 Å². The van der Waals surface area contributed by atoms with Gasteiger partial charge in [-0.05, 0) is 50.0 Å². The molecule has 1 saturated heterocycles. The summed E-state index contributed by atoms with van der Waals surface area (Å²) in [5, 5.41) is 6.23. The first-order valence-electron chi connectivity index (χ1n) is 7.51. The maximum absolute atomic E-state index is 13.6. The SMILES string of the molecule is Cc1cc(CNC(=O)CN2CCCNCC2)cc(C)c1F. The van der Waals surface area contributed by atoms with E-state index in [0.717, 1.165) is 38.2 Å². The zero-order chi connectivity index (χ0) is 15.2. The number of halogens is 1. The second-order valence-corrected chi connectivity index (χ2v) is 5.70. The minimum absolute atomic E-state index is 0.0246. The molecule has 0 saturated carbocycles. The van der Waals surface area contributed by atoms with Crippen molar-refractivity contribution in [3.05, 3.63) is 34.6 Å². The van der Waals surface area contributed by atoms with Crippen LogP contribution in [-0.2, 0) is 11.3 Å². The van der Waals surface area contributed by atoms with Crippen LogP contribution in [0.25, 0.3) is 0 Å². The van der Waals surface area contributed by atoms with Crippen molar-refractivity contribution in [1.29, 1.82) is 0 Å². The highest BCUT2D eigenvalue weighted by molar-refractivity contribution is 5.78. The van der Waals surface area contributed by atoms with Gasteiger partial charge in [-0.15, -0.1) is 0 Å². The van der Waals surface area contributed by atoms with Gasteiger partial charge in [-0.3, -0.25) is 9.69 Å². The minimum Gasteiger partial charge on any atom is -0.351 e. The fourth-order valence-electron chi connectivity index (χ4n) is 2.66. The third-order valence-corrected chi connectivity index (χ3v) is 3.79. The summed E-state index contributed by atoms with van der Waals surface area (Å²) in [7, 11) is 0. The van der Waals surface area contributed by atoms with Crippen LogP contribution in [0.3, 0.4) is 0 Å². The van der Waals surface area contributed by atoms with E-state index in [1.54, 1.807) is 26.0 Å². The lowest BCUT2D eigenvalue weighted by Gasteiger charge is -2.18. The highest BCUT2D eigenvalue weighted by Gasteiger charge is 2.12. The standard InChI is InChI=1S/C16H24FN3O/c1-12-8-14(9-13(2)16(12)17)10-19-15(21)11-20-6-3-4-18-5-7-20/h8-9,18H,3-7,10-11H2,1-2H3,(H,19,21). The molecule has 1 aromatic carbocycles. The van der Waals surface area contributed by atoms with Gasteiger partial charge < -0.3 is 10.6 Å². The molecule has 2 rings (SSSR count). The van der Waals surface area contributed by atoms with E-state index in [4.69, 9.17) is 0 Å². The lowest BCUT2D eigenvalue weighted by Crippen LogP contribution is -2.38. The molecule has 0 unspecified atom stereocenters. The Labute approximate surface area is 125 Å². The van der Waals surface area contributed by atoms with Gasteiger partial charge >= 0.3 is 0 Å². The van der Waals surface area contributed by atoms with Crippen molar-refractivity contribution in [1.82, 2.24) is 15.5 Å². The summed E-state index contributed by atoms with van der Waals surface area (Å²) in [6.45, 7) is 8.19. The first kappa shape index (κ1) is 15.9. The molecule has 0 atom stereocenters. The molecule has 5 heteroatoms. The number of hydrogen-bond acceptors (Lipinski definition) is 3. The van der Waals surface area contributed by atoms with E-state index in [1.165, 1.54) is 0 Å². The largest absolute Gasteiger partial charge is 0.351 e. The lowest BCUT2D eigenvalue weighted by molar-refractivity contribution is -0.122. The summed E-state index contributed by atoms with van der Waals surface area (Å²) in [5.74, 6) is -0.140. The van der Waals surface area contributed by atoms with Crippen LogP contribution >= 0.6 is 0 Å². The van der Waals surface area contributed by atoms with Crippen molar-refractivity contribution in [3.8, 4) is 0 Å². The second kappa shape index (κ2) is 7.52. The molecule has 21 heavy (non-hydrogen) atoms. The van der Waals surface area contributed by atoms with E-state index in [1.807, 2.05) is 0 Å². The predicted molar refractivity (Wildman–Crippen MR) is 81.6 cm³/mol. The van der Waals surface area contributed by atoms with E-state index in [9.17, 15) is 9.18 Å². The Morgan fingerprint density at radius 3 is 2.71 bits per heavy atom. The van der Waals surface area contributed by atoms with Crippen molar-refractivity contribution < 1.29 is 9.18 Å². The van der Waals surface area contributed by atoms with Gasteiger partial charge in [0.05, 0.1) is 6.54 Å². The number of benzene rings is 1. The van der Waals surface area contributed by atoms with Crippen LogP contribution in [-0.4, -0.2) is 43.5 Å². The Bertz CT molecular complexity index is 473. The van der Waals surface area contributed by atoms with E-state index in [0.29, 0.717) is 24.2 Å². The molecule has 1 aliphatic rings. The van der Waals surface area contributed by atoms with Crippen LogP contribution in [0.4, 0.5) is 4.39 Å². The fourth-order valence-corrected chi connectivity index (χ4v) is 2.66. The molecular formula is C16H24FN3O. The third kappa shape index (κ3) is 4.79. The van der Waals surface area contributed by atoms with Gasteiger partial charge in [0.15, 0.2) is 0 Å². The zero-order valence-corrected chi connectivity index (χ0v) is 12.8. The molecular weight excluding hydrogens is 269 g/mol.